The number of sulfonamides is 1. The fraction of sp³-hybridized carbons (Fsp3) is 0.409. The van der Waals surface area contributed by atoms with Crippen molar-refractivity contribution in [1.29, 1.82) is 0 Å². The van der Waals surface area contributed by atoms with E-state index < -0.39 is 15.8 Å². The molecule has 2 aromatic carbocycles. The third-order valence-electron chi connectivity index (χ3n) is 5.13. The number of benzene rings is 2. The maximum atomic E-state index is 14.0. The van der Waals surface area contributed by atoms with E-state index in [0.29, 0.717) is 17.8 Å². The number of hydrogen-bond donors (Lipinski definition) is 1. The Hall–Kier alpha value is -2.06. The summed E-state index contributed by atoms with van der Waals surface area (Å²) in [7, 11) is -3.63. The number of amides is 1. The van der Waals surface area contributed by atoms with Crippen LogP contribution in [0.2, 0.25) is 0 Å². The lowest BCUT2D eigenvalue weighted by atomic mass is 10.1. The molecule has 0 heterocycles. The van der Waals surface area contributed by atoms with Crippen LogP contribution in [0.3, 0.4) is 0 Å². The highest BCUT2D eigenvalue weighted by Crippen LogP contribution is 2.29. The topological polar surface area (TPSA) is 66.5 Å². The van der Waals surface area contributed by atoms with Gasteiger partial charge in [-0.05, 0) is 43.2 Å². The Balaban J connectivity index is 1.61. The Kier molecular flexibility index (Phi) is 7.77. The SMILES string of the molecule is CS(=O)(=O)N(Cc1ccccc1F)c1ccc(C(=O)NCCSC2CCCC2)cc1. The number of nitrogens with zero attached hydrogens (tertiary/aromatic N) is 1. The van der Waals surface area contributed by atoms with Crippen LogP contribution in [0.25, 0.3) is 0 Å². The Morgan fingerprint density at radius 1 is 1.13 bits per heavy atom. The summed E-state index contributed by atoms with van der Waals surface area (Å²) in [6, 6.07) is 12.4. The van der Waals surface area contributed by atoms with Crippen molar-refractivity contribution >= 4 is 33.4 Å². The van der Waals surface area contributed by atoms with E-state index in [2.05, 4.69) is 5.32 Å². The van der Waals surface area contributed by atoms with E-state index in [9.17, 15) is 17.6 Å². The lowest BCUT2D eigenvalue weighted by Gasteiger charge is -2.23. The zero-order chi connectivity index (χ0) is 21.6. The molecule has 0 bridgehead atoms. The Labute approximate surface area is 182 Å². The number of halogens is 1. The summed E-state index contributed by atoms with van der Waals surface area (Å²) in [5.41, 5.74) is 1.13. The van der Waals surface area contributed by atoms with Gasteiger partial charge in [0.05, 0.1) is 18.5 Å². The van der Waals surface area contributed by atoms with Crippen molar-refractivity contribution in [3.8, 4) is 0 Å². The molecule has 0 atom stereocenters. The molecule has 1 amide bonds. The summed E-state index contributed by atoms with van der Waals surface area (Å²) in [6.45, 7) is 0.486. The van der Waals surface area contributed by atoms with Gasteiger partial charge >= 0.3 is 0 Å². The molecule has 5 nitrogen and oxygen atoms in total. The van der Waals surface area contributed by atoms with Gasteiger partial charge < -0.3 is 5.32 Å². The number of carbonyl (C=O) groups is 1. The molecule has 1 N–H and O–H groups in total. The lowest BCUT2D eigenvalue weighted by molar-refractivity contribution is 0.0956. The highest BCUT2D eigenvalue weighted by Gasteiger charge is 2.20. The molecule has 162 valence electrons. The van der Waals surface area contributed by atoms with Crippen LogP contribution in [0, 0.1) is 5.82 Å². The smallest absolute Gasteiger partial charge is 0.251 e. The first kappa shape index (κ1) is 22.6. The fourth-order valence-electron chi connectivity index (χ4n) is 3.51. The first-order valence-corrected chi connectivity index (χ1v) is 13.0. The quantitative estimate of drug-likeness (QED) is 0.582. The number of nitrogens with one attached hydrogen (secondary N) is 1. The van der Waals surface area contributed by atoms with Gasteiger partial charge in [0, 0.05) is 28.7 Å². The van der Waals surface area contributed by atoms with E-state index in [0.717, 1.165) is 21.6 Å². The van der Waals surface area contributed by atoms with Crippen LogP contribution in [0.1, 0.15) is 41.6 Å². The predicted molar refractivity (Wildman–Crippen MR) is 121 cm³/mol. The molecule has 1 aliphatic rings. The molecule has 2 aromatic rings. The maximum Gasteiger partial charge on any atom is 0.251 e. The van der Waals surface area contributed by atoms with Gasteiger partial charge in [-0.3, -0.25) is 9.10 Å². The molecule has 0 saturated heterocycles. The van der Waals surface area contributed by atoms with Gasteiger partial charge in [-0.25, -0.2) is 12.8 Å². The van der Waals surface area contributed by atoms with Crippen LogP contribution in [-0.2, 0) is 16.6 Å². The highest BCUT2D eigenvalue weighted by molar-refractivity contribution is 7.99. The fourth-order valence-corrected chi connectivity index (χ4v) is 5.61. The largest absolute Gasteiger partial charge is 0.351 e. The van der Waals surface area contributed by atoms with E-state index in [1.807, 2.05) is 11.8 Å². The van der Waals surface area contributed by atoms with Crippen molar-refractivity contribution in [2.24, 2.45) is 0 Å². The van der Waals surface area contributed by atoms with Crippen molar-refractivity contribution in [3.05, 3.63) is 65.5 Å². The summed E-state index contributed by atoms with van der Waals surface area (Å²) in [5.74, 6) is 0.241. The van der Waals surface area contributed by atoms with Gasteiger partial charge in [0.2, 0.25) is 10.0 Å². The van der Waals surface area contributed by atoms with Gasteiger partial charge in [-0.1, -0.05) is 31.0 Å². The number of thioether (sulfide) groups is 1. The third-order valence-corrected chi connectivity index (χ3v) is 7.66. The monoisotopic (exact) mass is 450 g/mol. The number of rotatable bonds is 9. The third kappa shape index (κ3) is 6.22. The van der Waals surface area contributed by atoms with Crippen LogP contribution in [0.5, 0.6) is 0 Å². The second-order valence-corrected chi connectivity index (χ2v) is 10.8. The van der Waals surface area contributed by atoms with Crippen LogP contribution >= 0.6 is 11.8 Å². The summed E-state index contributed by atoms with van der Waals surface area (Å²) in [5, 5.41) is 3.63. The second kappa shape index (κ2) is 10.3. The average Bonchev–Trinajstić information content (AvgIpc) is 3.23. The highest BCUT2D eigenvalue weighted by atomic mass is 32.2. The standard InChI is InChI=1S/C22H27FN2O3S2/c1-30(27,28)25(16-18-6-2-5-9-21(18)23)19-12-10-17(11-13-19)22(26)24-14-15-29-20-7-3-4-8-20/h2,5-6,9-13,20H,3-4,7-8,14-16H2,1H3,(H,24,26). The first-order valence-electron chi connectivity index (χ1n) is 10.1. The first-order chi connectivity index (χ1) is 14.3. The Morgan fingerprint density at radius 3 is 2.43 bits per heavy atom. The van der Waals surface area contributed by atoms with Gasteiger partial charge in [0.15, 0.2) is 0 Å². The molecule has 1 aliphatic carbocycles. The number of carbonyl (C=O) groups excluding carboxylic acids is 1. The second-order valence-electron chi connectivity index (χ2n) is 7.44. The van der Waals surface area contributed by atoms with Crippen LogP contribution in [0.4, 0.5) is 10.1 Å². The normalized spacial score (nSPS) is 14.6. The van der Waals surface area contributed by atoms with E-state index >= 15 is 0 Å². The Bertz CT molecular complexity index is 959. The molecule has 8 heteroatoms. The van der Waals surface area contributed by atoms with Crippen molar-refractivity contribution in [3.63, 3.8) is 0 Å². The molecule has 30 heavy (non-hydrogen) atoms. The molecule has 0 aliphatic heterocycles. The summed E-state index contributed by atoms with van der Waals surface area (Å²) in [6.07, 6.45) is 6.22. The number of hydrogen-bond acceptors (Lipinski definition) is 4. The van der Waals surface area contributed by atoms with Crippen LogP contribution in [-0.4, -0.2) is 38.1 Å². The molecular weight excluding hydrogens is 423 g/mol. The number of anilines is 1. The minimum atomic E-state index is -3.63. The minimum absolute atomic E-state index is 0.116. The maximum absolute atomic E-state index is 14.0. The average molecular weight is 451 g/mol. The van der Waals surface area contributed by atoms with Gasteiger partial charge in [-0.2, -0.15) is 11.8 Å². The molecular formula is C22H27FN2O3S2. The minimum Gasteiger partial charge on any atom is -0.351 e. The van der Waals surface area contributed by atoms with Gasteiger partial charge in [-0.15, -0.1) is 0 Å². The molecule has 0 radical (unpaired) electrons. The summed E-state index contributed by atoms with van der Waals surface area (Å²) < 4.78 is 39.7. The van der Waals surface area contributed by atoms with Crippen molar-refractivity contribution in [2.45, 2.75) is 37.5 Å². The molecule has 0 spiro atoms. The zero-order valence-corrected chi connectivity index (χ0v) is 18.6. The van der Waals surface area contributed by atoms with E-state index in [1.165, 1.54) is 31.7 Å². The van der Waals surface area contributed by atoms with Gasteiger partial charge in [0.25, 0.3) is 5.91 Å². The lowest BCUT2D eigenvalue weighted by Crippen LogP contribution is -2.30. The summed E-state index contributed by atoms with van der Waals surface area (Å²) >= 11 is 1.91. The van der Waals surface area contributed by atoms with Crippen molar-refractivity contribution < 1.29 is 17.6 Å². The van der Waals surface area contributed by atoms with E-state index in [4.69, 9.17) is 0 Å². The van der Waals surface area contributed by atoms with Crippen molar-refractivity contribution in [1.82, 2.24) is 5.32 Å². The molecule has 1 saturated carbocycles. The van der Waals surface area contributed by atoms with E-state index in [1.54, 1.807) is 42.5 Å². The Morgan fingerprint density at radius 2 is 1.80 bits per heavy atom. The summed E-state index contributed by atoms with van der Waals surface area (Å²) in [4.78, 5) is 12.4. The molecule has 1 fully saturated rings. The van der Waals surface area contributed by atoms with Gasteiger partial charge in [0.1, 0.15) is 5.82 Å². The molecule has 0 aromatic heterocycles. The molecule has 0 unspecified atom stereocenters. The molecule has 3 rings (SSSR count). The van der Waals surface area contributed by atoms with Crippen LogP contribution < -0.4 is 9.62 Å². The van der Waals surface area contributed by atoms with Crippen LogP contribution in [0.15, 0.2) is 48.5 Å². The van der Waals surface area contributed by atoms with Crippen molar-refractivity contribution in [2.75, 3.05) is 22.9 Å². The predicted octanol–water partition coefficient (Wildman–Crippen LogP) is 4.20. The zero-order valence-electron chi connectivity index (χ0n) is 17.0. The van der Waals surface area contributed by atoms with E-state index in [-0.39, 0.29) is 18.0 Å².